The number of ether oxygens (including phenoxy) is 1. The largest absolute Gasteiger partial charge is 0.523 e. The summed E-state index contributed by atoms with van der Waals surface area (Å²) in [6, 6.07) is 8.08. The topological polar surface area (TPSA) is 21.6 Å². The predicted octanol–water partition coefficient (Wildman–Crippen LogP) is 5.37. The van der Waals surface area contributed by atoms with E-state index >= 15 is 0 Å². The molecule has 130 valence electrons. The molecule has 0 amide bonds. The van der Waals surface area contributed by atoms with Crippen molar-refractivity contribution in [3.63, 3.8) is 0 Å². The van der Waals surface area contributed by atoms with Gasteiger partial charge < -0.3 is 0 Å². The Hall–Kier alpha value is -1.88. The lowest BCUT2D eigenvalue weighted by molar-refractivity contribution is -0.334. The minimum Gasteiger partial charge on any atom is -0.285 e. The fourth-order valence-corrected chi connectivity index (χ4v) is 2.83. The third-order valence-corrected chi connectivity index (χ3v) is 4.02. The Labute approximate surface area is 140 Å². The SMILES string of the molecule is C/C=C(\C=C/C(C)OC(F)(F)F)C1CCC(c2ccccc2C)=N1. The first-order chi connectivity index (χ1) is 11.3. The molecule has 5 heteroatoms. The summed E-state index contributed by atoms with van der Waals surface area (Å²) >= 11 is 0. The molecule has 1 aliphatic heterocycles. The molecule has 0 N–H and O–H groups in total. The Morgan fingerprint density at radius 1 is 1.33 bits per heavy atom. The molecule has 0 saturated heterocycles. The van der Waals surface area contributed by atoms with Gasteiger partial charge in [-0.25, -0.2) is 0 Å². The molecule has 1 aliphatic rings. The van der Waals surface area contributed by atoms with E-state index in [-0.39, 0.29) is 6.04 Å². The lowest BCUT2D eigenvalue weighted by atomic mass is 10.0. The third kappa shape index (κ3) is 5.06. The van der Waals surface area contributed by atoms with Gasteiger partial charge >= 0.3 is 6.36 Å². The first-order valence-corrected chi connectivity index (χ1v) is 8.02. The smallest absolute Gasteiger partial charge is 0.285 e. The number of hydrogen-bond donors (Lipinski definition) is 0. The zero-order valence-corrected chi connectivity index (χ0v) is 14.1. The van der Waals surface area contributed by atoms with Crippen LogP contribution in [0.5, 0.6) is 0 Å². The van der Waals surface area contributed by atoms with Crippen LogP contribution in [0, 0.1) is 6.92 Å². The van der Waals surface area contributed by atoms with Gasteiger partial charge in [0.25, 0.3) is 0 Å². The average molecular weight is 337 g/mol. The van der Waals surface area contributed by atoms with E-state index in [4.69, 9.17) is 4.99 Å². The molecular formula is C19H22F3NO. The summed E-state index contributed by atoms with van der Waals surface area (Å²) in [7, 11) is 0. The number of alkyl halides is 3. The summed E-state index contributed by atoms with van der Waals surface area (Å²) in [5.41, 5.74) is 4.30. The molecule has 0 saturated carbocycles. The van der Waals surface area contributed by atoms with Crippen molar-refractivity contribution < 1.29 is 17.9 Å². The van der Waals surface area contributed by atoms with Crippen molar-refractivity contribution in [1.82, 2.24) is 0 Å². The number of benzene rings is 1. The number of aliphatic imine (C=N–C) groups is 1. The average Bonchev–Trinajstić information content (AvgIpc) is 2.96. The molecular weight excluding hydrogens is 315 g/mol. The molecule has 0 aromatic heterocycles. The summed E-state index contributed by atoms with van der Waals surface area (Å²) in [6.07, 6.45) is 1.09. The minimum atomic E-state index is -4.62. The van der Waals surface area contributed by atoms with Gasteiger partial charge in [-0.15, -0.1) is 13.2 Å². The maximum atomic E-state index is 12.2. The van der Waals surface area contributed by atoms with Gasteiger partial charge in [-0.3, -0.25) is 9.73 Å². The van der Waals surface area contributed by atoms with Crippen LogP contribution in [0.3, 0.4) is 0 Å². The van der Waals surface area contributed by atoms with Crippen LogP contribution < -0.4 is 0 Å². The van der Waals surface area contributed by atoms with Gasteiger partial charge in [-0.1, -0.05) is 42.5 Å². The lowest BCUT2D eigenvalue weighted by Gasteiger charge is -2.12. The summed E-state index contributed by atoms with van der Waals surface area (Å²) in [4.78, 5) is 4.78. The van der Waals surface area contributed by atoms with Crippen LogP contribution in [-0.2, 0) is 4.74 Å². The highest BCUT2D eigenvalue weighted by atomic mass is 19.4. The highest BCUT2D eigenvalue weighted by molar-refractivity contribution is 6.03. The Morgan fingerprint density at radius 2 is 2.04 bits per heavy atom. The molecule has 2 rings (SSSR count). The second kappa shape index (κ2) is 7.79. The molecule has 2 atom stereocenters. The van der Waals surface area contributed by atoms with Gasteiger partial charge in [0.15, 0.2) is 0 Å². The van der Waals surface area contributed by atoms with Crippen LogP contribution in [0.1, 0.15) is 37.8 Å². The first kappa shape index (κ1) is 18.5. The fourth-order valence-electron chi connectivity index (χ4n) is 2.83. The highest BCUT2D eigenvalue weighted by Crippen LogP contribution is 2.26. The monoisotopic (exact) mass is 337 g/mol. The number of allylic oxidation sites excluding steroid dienone is 1. The standard InChI is InChI=1S/C19H22F3NO/c1-4-15(10-9-14(3)24-19(20,21)22)17-11-12-18(23-17)16-8-6-5-7-13(16)2/h4-10,14,17H,11-12H2,1-3H3/b10-9-,15-4+. The van der Waals surface area contributed by atoms with E-state index in [0.29, 0.717) is 0 Å². The van der Waals surface area contributed by atoms with Gasteiger partial charge in [-0.05, 0) is 50.3 Å². The maximum Gasteiger partial charge on any atom is 0.523 e. The molecule has 0 fully saturated rings. The molecule has 1 aromatic carbocycles. The van der Waals surface area contributed by atoms with Gasteiger partial charge in [0.05, 0.1) is 12.1 Å². The van der Waals surface area contributed by atoms with Gasteiger partial charge in [0, 0.05) is 5.71 Å². The highest BCUT2D eigenvalue weighted by Gasteiger charge is 2.31. The van der Waals surface area contributed by atoms with Crippen LogP contribution in [0.4, 0.5) is 13.2 Å². The predicted molar refractivity (Wildman–Crippen MR) is 90.2 cm³/mol. The normalized spacial score (nSPS) is 20.5. The second-order valence-electron chi connectivity index (χ2n) is 5.86. The minimum absolute atomic E-state index is 0.0149. The summed E-state index contributed by atoms with van der Waals surface area (Å²) < 4.78 is 40.5. The lowest BCUT2D eigenvalue weighted by Crippen LogP contribution is -2.19. The molecule has 0 aliphatic carbocycles. The second-order valence-corrected chi connectivity index (χ2v) is 5.86. The van der Waals surface area contributed by atoms with E-state index < -0.39 is 12.5 Å². The number of hydrogen-bond acceptors (Lipinski definition) is 2. The van der Waals surface area contributed by atoms with Crippen molar-refractivity contribution in [2.75, 3.05) is 0 Å². The number of aryl methyl sites for hydroxylation is 1. The zero-order valence-electron chi connectivity index (χ0n) is 14.1. The van der Waals surface area contributed by atoms with Crippen molar-refractivity contribution in [2.24, 2.45) is 4.99 Å². The first-order valence-electron chi connectivity index (χ1n) is 8.02. The van der Waals surface area contributed by atoms with Crippen molar-refractivity contribution in [2.45, 2.75) is 52.1 Å². The summed E-state index contributed by atoms with van der Waals surface area (Å²) in [6.45, 7) is 5.29. The van der Waals surface area contributed by atoms with Gasteiger partial charge in [-0.2, -0.15) is 0 Å². The summed E-state index contributed by atoms with van der Waals surface area (Å²) in [5.74, 6) is 0. The molecule has 2 unspecified atom stereocenters. The molecule has 1 heterocycles. The molecule has 2 nitrogen and oxygen atoms in total. The molecule has 0 radical (unpaired) electrons. The Balaban J connectivity index is 2.09. The molecule has 24 heavy (non-hydrogen) atoms. The zero-order chi connectivity index (χ0) is 17.7. The third-order valence-electron chi connectivity index (χ3n) is 4.02. The number of halogens is 3. The Bertz CT molecular complexity index is 659. The van der Waals surface area contributed by atoms with E-state index in [1.165, 1.54) is 18.6 Å². The van der Waals surface area contributed by atoms with Gasteiger partial charge in [0.2, 0.25) is 0 Å². The van der Waals surface area contributed by atoms with E-state index in [2.05, 4.69) is 23.8 Å². The van der Waals surface area contributed by atoms with E-state index in [1.54, 1.807) is 6.08 Å². The van der Waals surface area contributed by atoms with Crippen LogP contribution in [0.2, 0.25) is 0 Å². The maximum absolute atomic E-state index is 12.2. The number of rotatable bonds is 5. The Kier molecular flexibility index (Phi) is 5.99. The van der Waals surface area contributed by atoms with E-state index in [0.717, 1.165) is 29.7 Å². The van der Waals surface area contributed by atoms with Crippen molar-refractivity contribution in [3.8, 4) is 0 Å². The summed E-state index contributed by atoms with van der Waals surface area (Å²) in [5, 5.41) is 0. The van der Waals surface area contributed by atoms with Crippen LogP contribution in [-0.4, -0.2) is 24.2 Å². The quantitative estimate of drug-likeness (QED) is 0.662. The molecule has 0 spiro atoms. The fraction of sp³-hybridized carbons (Fsp3) is 0.421. The van der Waals surface area contributed by atoms with Crippen LogP contribution >= 0.6 is 0 Å². The van der Waals surface area contributed by atoms with E-state index in [1.807, 2.05) is 25.1 Å². The number of nitrogens with zero attached hydrogens (tertiary/aromatic N) is 1. The Morgan fingerprint density at radius 3 is 2.67 bits per heavy atom. The van der Waals surface area contributed by atoms with Crippen molar-refractivity contribution in [1.29, 1.82) is 0 Å². The van der Waals surface area contributed by atoms with Crippen LogP contribution in [0.15, 0.2) is 53.1 Å². The molecule has 1 aromatic rings. The molecule has 0 bridgehead atoms. The van der Waals surface area contributed by atoms with Crippen LogP contribution in [0.25, 0.3) is 0 Å². The van der Waals surface area contributed by atoms with Crippen molar-refractivity contribution in [3.05, 3.63) is 59.2 Å². The van der Waals surface area contributed by atoms with Gasteiger partial charge in [0.1, 0.15) is 0 Å². The van der Waals surface area contributed by atoms with E-state index in [9.17, 15) is 13.2 Å². The van der Waals surface area contributed by atoms with Crippen molar-refractivity contribution >= 4 is 5.71 Å².